The summed E-state index contributed by atoms with van der Waals surface area (Å²) in [6.07, 6.45) is 2.63. The fourth-order valence-electron chi connectivity index (χ4n) is 2.20. The molecule has 0 spiro atoms. The highest BCUT2D eigenvalue weighted by Crippen LogP contribution is 2.25. The van der Waals surface area contributed by atoms with Crippen LogP contribution in [0.2, 0.25) is 5.02 Å². The third-order valence-corrected chi connectivity index (χ3v) is 5.00. The number of nitrogens with zero attached hydrogens (tertiary/aromatic N) is 2. The summed E-state index contributed by atoms with van der Waals surface area (Å²) in [7, 11) is 0. The molecular formula is C14H20ClN3OS. The molecule has 6 heteroatoms. The van der Waals surface area contributed by atoms with Gasteiger partial charge in [0, 0.05) is 36.8 Å². The first kappa shape index (κ1) is 15.4. The highest BCUT2D eigenvalue weighted by Gasteiger charge is 2.25. The van der Waals surface area contributed by atoms with Gasteiger partial charge in [0.1, 0.15) is 5.82 Å². The summed E-state index contributed by atoms with van der Waals surface area (Å²) in [4.78, 5) is 18.7. The van der Waals surface area contributed by atoms with Crippen molar-refractivity contribution in [3.8, 4) is 0 Å². The van der Waals surface area contributed by atoms with Gasteiger partial charge in [0.25, 0.3) is 5.91 Å². The molecule has 1 saturated heterocycles. The molecule has 1 N–H and O–H groups in total. The van der Waals surface area contributed by atoms with Gasteiger partial charge in [0.15, 0.2) is 0 Å². The number of amides is 1. The Kier molecular flexibility index (Phi) is 5.54. The summed E-state index contributed by atoms with van der Waals surface area (Å²) < 4.78 is 0. The summed E-state index contributed by atoms with van der Waals surface area (Å²) in [5.41, 5.74) is 0.541. The molecule has 1 aromatic heterocycles. The predicted molar refractivity (Wildman–Crippen MR) is 85.9 cm³/mol. The fourth-order valence-corrected chi connectivity index (χ4v) is 3.57. The van der Waals surface area contributed by atoms with Crippen LogP contribution in [0.1, 0.15) is 30.6 Å². The topological polar surface area (TPSA) is 45.2 Å². The van der Waals surface area contributed by atoms with Crippen molar-refractivity contribution in [2.75, 3.05) is 30.7 Å². The van der Waals surface area contributed by atoms with Crippen LogP contribution in [0.15, 0.2) is 12.3 Å². The lowest BCUT2D eigenvalue weighted by Gasteiger charge is -2.32. The minimum Gasteiger partial charge on any atom is -0.370 e. The Balaban J connectivity index is 2.17. The maximum atomic E-state index is 12.6. The molecule has 2 rings (SSSR count). The van der Waals surface area contributed by atoms with E-state index in [0.717, 1.165) is 31.8 Å². The summed E-state index contributed by atoms with van der Waals surface area (Å²) in [6.45, 7) is 6.50. The van der Waals surface area contributed by atoms with Crippen LogP contribution in [0, 0.1) is 0 Å². The van der Waals surface area contributed by atoms with Gasteiger partial charge in [0.2, 0.25) is 0 Å². The second-order valence-electron chi connectivity index (χ2n) is 4.73. The Morgan fingerprint density at radius 3 is 3.10 bits per heavy atom. The van der Waals surface area contributed by atoms with Gasteiger partial charge in [-0.15, -0.1) is 0 Å². The van der Waals surface area contributed by atoms with Crippen LogP contribution in [0.5, 0.6) is 0 Å². The molecule has 110 valence electrons. The normalized spacial score (nSPS) is 18.9. The van der Waals surface area contributed by atoms with Gasteiger partial charge in [-0.2, -0.15) is 11.8 Å². The first-order chi connectivity index (χ1) is 9.65. The molecule has 1 fully saturated rings. The zero-order valence-electron chi connectivity index (χ0n) is 11.9. The molecule has 0 radical (unpaired) electrons. The third kappa shape index (κ3) is 3.58. The highest BCUT2D eigenvalue weighted by atomic mass is 35.5. The third-order valence-electron chi connectivity index (χ3n) is 3.32. The predicted octanol–water partition coefficient (Wildman–Crippen LogP) is 3.13. The van der Waals surface area contributed by atoms with Gasteiger partial charge >= 0.3 is 0 Å². The highest BCUT2D eigenvalue weighted by molar-refractivity contribution is 8.00. The van der Waals surface area contributed by atoms with Crippen molar-refractivity contribution in [2.24, 2.45) is 0 Å². The van der Waals surface area contributed by atoms with E-state index >= 15 is 0 Å². The Labute approximate surface area is 129 Å². The minimum absolute atomic E-state index is 0.00954. The zero-order valence-corrected chi connectivity index (χ0v) is 13.4. The van der Waals surface area contributed by atoms with Crippen LogP contribution in [0.25, 0.3) is 0 Å². The van der Waals surface area contributed by atoms with Crippen molar-refractivity contribution < 1.29 is 4.79 Å². The van der Waals surface area contributed by atoms with Crippen LogP contribution in [-0.2, 0) is 0 Å². The standard InChI is InChI=1S/C14H20ClN3OS/c1-3-10-9-18(5-6-20-10)14(19)11-7-13(16-4-2)17-8-12(11)15/h7-8,10H,3-6,9H2,1-2H3,(H,16,17). The van der Waals surface area contributed by atoms with Crippen LogP contribution in [-0.4, -0.2) is 46.4 Å². The molecule has 1 aromatic rings. The molecule has 1 aliphatic heterocycles. The number of carbonyl (C=O) groups is 1. The van der Waals surface area contributed by atoms with E-state index in [0.29, 0.717) is 21.7 Å². The average Bonchev–Trinajstić information content (AvgIpc) is 2.49. The van der Waals surface area contributed by atoms with Crippen LogP contribution < -0.4 is 5.32 Å². The molecule has 20 heavy (non-hydrogen) atoms. The van der Waals surface area contributed by atoms with Crippen molar-refractivity contribution in [3.63, 3.8) is 0 Å². The van der Waals surface area contributed by atoms with E-state index in [-0.39, 0.29) is 5.91 Å². The molecule has 4 nitrogen and oxygen atoms in total. The number of anilines is 1. The molecule has 2 heterocycles. The largest absolute Gasteiger partial charge is 0.370 e. The van der Waals surface area contributed by atoms with Gasteiger partial charge in [0.05, 0.1) is 10.6 Å². The van der Waals surface area contributed by atoms with E-state index in [9.17, 15) is 4.79 Å². The lowest BCUT2D eigenvalue weighted by molar-refractivity contribution is 0.0761. The number of hydrogen-bond acceptors (Lipinski definition) is 4. The number of rotatable bonds is 4. The van der Waals surface area contributed by atoms with Crippen LogP contribution in [0.3, 0.4) is 0 Å². The van der Waals surface area contributed by atoms with Gasteiger partial charge in [-0.25, -0.2) is 4.98 Å². The molecule has 0 aliphatic carbocycles. The van der Waals surface area contributed by atoms with E-state index in [4.69, 9.17) is 11.6 Å². The Morgan fingerprint density at radius 1 is 1.60 bits per heavy atom. The van der Waals surface area contributed by atoms with E-state index < -0.39 is 0 Å². The zero-order chi connectivity index (χ0) is 14.5. The van der Waals surface area contributed by atoms with Gasteiger partial charge in [-0.1, -0.05) is 18.5 Å². The molecule has 1 aliphatic rings. The first-order valence-corrected chi connectivity index (χ1v) is 8.38. The van der Waals surface area contributed by atoms with Gasteiger partial charge in [-0.05, 0) is 19.4 Å². The van der Waals surface area contributed by atoms with E-state index in [1.807, 2.05) is 23.6 Å². The lowest BCUT2D eigenvalue weighted by atomic mass is 10.2. The van der Waals surface area contributed by atoms with Crippen molar-refractivity contribution in [2.45, 2.75) is 25.5 Å². The number of aromatic nitrogens is 1. The minimum atomic E-state index is 0.00954. The molecular weight excluding hydrogens is 294 g/mol. The molecule has 0 bridgehead atoms. The van der Waals surface area contributed by atoms with E-state index in [2.05, 4.69) is 17.2 Å². The van der Waals surface area contributed by atoms with Crippen molar-refractivity contribution >= 4 is 35.1 Å². The van der Waals surface area contributed by atoms with Crippen molar-refractivity contribution in [1.29, 1.82) is 0 Å². The first-order valence-electron chi connectivity index (χ1n) is 6.96. The monoisotopic (exact) mass is 313 g/mol. The summed E-state index contributed by atoms with van der Waals surface area (Å²) in [6, 6.07) is 1.75. The average molecular weight is 314 g/mol. The Hall–Kier alpha value is -0.940. The number of pyridine rings is 1. The fraction of sp³-hybridized carbons (Fsp3) is 0.571. The lowest BCUT2D eigenvalue weighted by Crippen LogP contribution is -2.41. The SMILES string of the molecule is CCNc1cc(C(=O)N2CCSC(CC)C2)c(Cl)cn1. The van der Waals surface area contributed by atoms with Gasteiger partial charge < -0.3 is 10.2 Å². The molecule has 1 amide bonds. The van der Waals surface area contributed by atoms with E-state index in [1.54, 1.807) is 12.3 Å². The van der Waals surface area contributed by atoms with Crippen molar-refractivity contribution in [3.05, 3.63) is 22.8 Å². The number of hydrogen-bond donors (Lipinski definition) is 1. The van der Waals surface area contributed by atoms with Gasteiger partial charge in [-0.3, -0.25) is 4.79 Å². The number of carbonyl (C=O) groups excluding carboxylic acids is 1. The number of halogens is 1. The molecule has 0 saturated carbocycles. The Bertz CT molecular complexity index is 483. The smallest absolute Gasteiger partial charge is 0.255 e. The summed E-state index contributed by atoms with van der Waals surface area (Å²) in [5, 5.41) is 4.06. The van der Waals surface area contributed by atoms with Crippen LogP contribution >= 0.6 is 23.4 Å². The molecule has 0 aromatic carbocycles. The number of nitrogens with one attached hydrogen (secondary N) is 1. The van der Waals surface area contributed by atoms with Crippen molar-refractivity contribution in [1.82, 2.24) is 9.88 Å². The molecule has 1 unspecified atom stereocenters. The molecule has 1 atom stereocenters. The summed E-state index contributed by atoms with van der Waals surface area (Å²) in [5.74, 6) is 1.70. The maximum absolute atomic E-state index is 12.6. The maximum Gasteiger partial charge on any atom is 0.255 e. The second kappa shape index (κ2) is 7.18. The second-order valence-corrected chi connectivity index (χ2v) is 6.55. The van der Waals surface area contributed by atoms with E-state index in [1.165, 1.54) is 0 Å². The quantitative estimate of drug-likeness (QED) is 0.927. The Morgan fingerprint density at radius 2 is 2.40 bits per heavy atom. The van der Waals surface area contributed by atoms with Crippen LogP contribution in [0.4, 0.5) is 5.82 Å². The summed E-state index contributed by atoms with van der Waals surface area (Å²) >= 11 is 8.08. The number of thioether (sulfide) groups is 1.